The minimum absolute atomic E-state index is 0.0103. The molecule has 3 aromatic carbocycles. The topological polar surface area (TPSA) is 127 Å². The summed E-state index contributed by atoms with van der Waals surface area (Å²) in [6, 6.07) is 9.18. The van der Waals surface area contributed by atoms with Crippen LogP contribution in [0.5, 0.6) is 5.75 Å². The van der Waals surface area contributed by atoms with Gasteiger partial charge in [0.15, 0.2) is 28.2 Å². The smallest absolute Gasteiger partial charge is 0.278 e. The van der Waals surface area contributed by atoms with Crippen molar-refractivity contribution in [3.8, 4) is 5.75 Å². The molecule has 1 saturated heterocycles. The fraction of sp³-hybridized carbons (Fsp3) is 0.333. The zero-order chi connectivity index (χ0) is 32.6. The van der Waals surface area contributed by atoms with Crippen LogP contribution in [0.25, 0.3) is 0 Å². The fourth-order valence-electron chi connectivity index (χ4n) is 5.76. The Balaban J connectivity index is 1.49. The zero-order valence-corrected chi connectivity index (χ0v) is 24.4. The minimum Gasteiger partial charge on any atom is -0.507 e. The maximum absolute atomic E-state index is 14.5. The Morgan fingerprint density at radius 3 is 2.00 bits per heavy atom. The molecule has 1 atom stereocenters. The lowest BCUT2D eigenvalue weighted by Crippen LogP contribution is -2.59. The molecule has 1 heterocycles. The van der Waals surface area contributed by atoms with Crippen LogP contribution in [0.15, 0.2) is 47.4 Å². The monoisotopic (exact) mass is 653 g/mol. The number of nitrogens with one attached hydrogen (secondary N) is 1. The van der Waals surface area contributed by atoms with Crippen LogP contribution in [-0.2, 0) is 21.4 Å². The summed E-state index contributed by atoms with van der Waals surface area (Å²) in [4.78, 5) is 24.8. The molecule has 3 N–H and O–H groups in total. The van der Waals surface area contributed by atoms with Gasteiger partial charge in [0.1, 0.15) is 11.8 Å². The van der Waals surface area contributed by atoms with E-state index >= 15 is 0 Å². The van der Waals surface area contributed by atoms with E-state index in [1.807, 2.05) is 12.1 Å². The van der Waals surface area contributed by atoms with Crippen molar-refractivity contribution < 1.29 is 50.3 Å². The van der Waals surface area contributed by atoms with E-state index in [0.717, 1.165) is 48.3 Å². The van der Waals surface area contributed by atoms with Gasteiger partial charge in [-0.2, -0.15) is 4.31 Å². The quantitative estimate of drug-likeness (QED) is 0.100. The summed E-state index contributed by atoms with van der Waals surface area (Å²) in [7, 11) is -5.40. The molecule has 0 unspecified atom stereocenters. The van der Waals surface area contributed by atoms with Gasteiger partial charge in [-0.3, -0.25) is 14.8 Å². The van der Waals surface area contributed by atoms with Gasteiger partial charge in [-0.1, -0.05) is 43.5 Å². The average molecular weight is 654 g/mol. The number of sulfonamides is 1. The Labute approximate surface area is 254 Å². The molecular formula is C30H28F5N3O6S. The van der Waals surface area contributed by atoms with E-state index in [1.54, 1.807) is 12.1 Å². The van der Waals surface area contributed by atoms with Gasteiger partial charge in [-0.05, 0) is 48.4 Å². The third-order valence-corrected chi connectivity index (χ3v) is 10.2. The number of phenolic OH excluding ortho intramolecular Hbond substituents is 1. The molecule has 9 nitrogen and oxygen atoms in total. The highest BCUT2D eigenvalue weighted by Crippen LogP contribution is 2.36. The summed E-state index contributed by atoms with van der Waals surface area (Å²) in [5.74, 6) is -14.7. The number of hydroxylamine groups is 1. The van der Waals surface area contributed by atoms with Crippen LogP contribution in [0, 0.1) is 29.1 Å². The number of hydrogen-bond donors (Lipinski definition) is 3. The van der Waals surface area contributed by atoms with E-state index in [9.17, 15) is 45.1 Å². The first-order valence-corrected chi connectivity index (χ1v) is 15.5. The van der Waals surface area contributed by atoms with E-state index in [2.05, 4.69) is 0 Å². The van der Waals surface area contributed by atoms with Gasteiger partial charge >= 0.3 is 0 Å². The van der Waals surface area contributed by atoms with E-state index in [0.29, 0.717) is 15.8 Å². The highest BCUT2D eigenvalue weighted by molar-refractivity contribution is 7.89. The normalized spacial score (nSPS) is 17.5. The summed E-state index contributed by atoms with van der Waals surface area (Å²) < 4.78 is 97.1. The van der Waals surface area contributed by atoms with Gasteiger partial charge in [-0.25, -0.2) is 35.8 Å². The van der Waals surface area contributed by atoms with Gasteiger partial charge in [-0.15, -0.1) is 0 Å². The van der Waals surface area contributed by atoms with Crippen LogP contribution < -0.4 is 10.4 Å². The highest BCUT2D eigenvalue weighted by atomic mass is 32.2. The Morgan fingerprint density at radius 2 is 1.47 bits per heavy atom. The van der Waals surface area contributed by atoms with Crippen molar-refractivity contribution in [3.63, 3.8) is 0 Å². The van der Waals surface area contributed by atoms with Crippen molar-refractivity contribution in [2.24, 2.45) is 0 Å². The zero-order valence-electron chi connectivity index (χ0n) is 23.6. The van der Waals surface area contributed by atoms with Crippen LogP contribution in [0.2, 0.25) is 0 Å². The Kier molecular flexibility index (Phi) is 9.14. The summed E-state index contributed by atoms with van der Waals surface area (Å²) in [6.07, 6.45) is 5.36. The first-order chi connectivity index (χ1) is 21.4. The van der Waals surface area contributed by atoms with E-state index in [-0.39, 0.29) is 24.2 Å². The third kappa shape index (κ3) is 5.99. The molecule has 0 radical (unpaired) electrons. The summed E-state index contributed by atoms with van der Waals surface area (Å²) in [5, 5.41) is 19.4. The Hall–Kier alpha value is -4.08. The van der Waals surface area contributed by atoms with Crippen molar-refractivity contribution in [2.75, 3.05) is 11.4 Å². The van der Waals surface area contributed by atoms with E-state index in [1.165, 1.54) is 18.0 Å². The van der Waals surface area contributed by atoms with Crippen molar-refractivity contribution in [1.82, 2.24) is 9.79 Å². The van der Waals surface area contributed by atoms with Gasteiger partial charge in [0.05, 0.1) is 12.1 Å². The number of benzene rings is 3. The molecular weight excluding hydrogens is 625 g/mol. The molecule has 5 rings (SSSR count). The second kappa shape index (κ2) is 12.7. The number of rotatable bonds is 8. The third-order valence-electron chi connectivity index (χ3n) is 8.29. The second-order valence-corrected chi connectivity index (χ2v) is 12.8. The molecule has 2 aliphatic rings. The largest absolute Gasteiger partial charge is 0.507 e. The molecule has 1 aliphatic carbocycles. The number of phenols is 1. The van der Waals surface area contributed by atoms with Gasteiger partial charge in [0, 0.05) is 18.3 Å². The van der Waals surface area contributed by atoms with Crippen LogP contribution >= 0.6 is 0 Å². The SMILES string of the molecule is O=C(NO)c1ccc(N(Cc2ccc(C3CCCCC3)cc2)C(=O)[C@H]2CCN2S(=O)(=O)c2c(F)c(F)c(F)c(F)c2F)cc1O. The standard InChI is InChI=1S/C30H28F5N3O6S/c31-23-24(32)26(34)28(27(35)25(23)33)45(43,44)38-13-12-21(38)30(41)37(19-10-11-20(22(39)14-19)29(40)36-42)15-16-6-8-18(9-7-16)17-4-2-1-3-5-17/h6-11,14,17,21,39,42H,1-5,12-13,15H2,(H,36,40)/t21-/m1/s1. The second-order valence-electron chi connectivity index (χ2n) is 11.0. The molecule has 0 bridgehead atoms. The lowest BCUT2D eigenvalue weighted by atomic mass is 9.84. The summed E-state index contributed by atoms with van der Waals surface area (Å²) in [6.45, 7) is -0.634. The number of amides is 2. The first kappa shape index (κ1) is 32.3. The van der Waals surface area contributed by atoms with Gasteiger partial charge in [0.25, 0.3) is 5.91 Å². The lowest BCUT2D eigenvalue weighted by Gasteiger charge is -2.41. The number of carbonyl (C=O) groups is 2. The first-order valence-electron chi connectivity index (χ1n) is 14.1. The predicted octanol–water partition coefficient (Wildman–Crippen LogP) is 5.25. The molecule has 2 fully saturated rings. The molecule has 1 saturated carbocycles. The van der Waals surface area contributed by atoms with Gasteiger partial charge < -0.3 is 10.0 Å². The number of hydrogen-bond acceptors (Lipinski definition) is 6. The number of aromatic hydroxyl groups is 1. The molecule has 45 heavy (non-hydrogen) atoms. The number of anilines is 1. The van der Waals surface area contributed by atoms with Crippen molar-refractivity contribution >= 4 is 27.5 Å². The van der Waals surface area contributed by atoms with Crippen molar-refractivity contribution in [1.29, 1.82) is 0 Å². The molecule has 2 amide bonds. The molecule has 240 valence electrons. The van der Waals surface area contributed by atoms with Crippen molar-refractivity contribution in [3.05, 3.63) is 88.2 Å². The van der Waals surface area contributed by atoms with E-state index in [4.69, 9.17) is 5.21 Å². The van der Waals surface area contributed by atoms with Crippen LogP contribution in [0.4, 0.5) is 27.6 Å². The van der Waals surface area contributed by atoms with Crippen molar-refractivity contribution in [2.45, 2.75) is 61.9 Å². The van der Waals surface area contributed by atoms with Gasteiger partial charge in [0.2, 0.25) is 21.7 Å². The molecule has 15 heteroatoms. The molecule has 0 spiro atoms. The van der Waals surface area contributed by atoms with Crippen LogP contribution in [0.3, 0.4) is 0 Å². The number of carbonyl (C=O) groups excluding carboxylic acids is 2. The molecule has 3 aromatic rings. The average Bonchev–Trinajstić information content (AvgIpc) is 3.01. The maximum atomic E-state index is 14.5. The number of halogens is 5. The van der Waals surface area contributed by atoms with Crippen LogP contribution in [-0.4, -0.2) is 47.4 Å². The maximum Gasteiger partial charge on any atom is 0.278 e. The van der Waals surface area contributed by atoms with E-state index < -0.39 is 74.2 Å². The number of nitrogens with zero attached hydrogens (tertiary/aromatic N) is 2. The fourth-order valence-corrected chi connectivity index (χ4v) is 7.50. The molecule has 1 aliphatic heterocycles. The highest BCUT2D eigenvalue weighted by Gasteiger charge is 2.48. The predicted molar refractivity (Wildman–Crippen MR) is 149 cm³/mol. The Morgan fingerprint density at radius 1 is 0.867 bits per heavy atom. The summed E-state index contributed by atoms with van der Waals surface area (Å²) in [5.41, 5.74) is 2.73. The van der Waals surface area contributed by atoms with Crippen LogP contribution in [0.1, 0.15) is 65.9 Å². The summed E-state index contributed by atoms with van der Waals surface area (Å²) >= 11 is 0. The Bertz CT molecular complexity index is 1720. The molecule has 0 aromatic heterocycles. The minimum atomic E-state index is -5.40. The lowest BCUT2D eigenvalue weighted by molar-refractivity contribution is -0.125.